The van der Waals surface area contributed by atoms with Crippen molar-refractivity contribution in [1.29, 1.82) is 0 Å². The van der Waals surface area contributed by atoms with E-state index in [4.69, 9.17) is 16.0 Å². The molecule has 2 heterocycles. The number of alkyl halides is 6. The normalized spacial score (nSPS) is 15.3. The zero-order valence-electron chi connectivity index (χ0n) is 26.6. The van der Waals surface area contributed by atoms with Crippen molar-refractivity contribution in [2.75, 3.05) is 25.0 Å². The van der Waals surface area contributed by atoms with Crippen molar-refractivity contribution in [3.8, 4) is 11.1 Å². The molecule has 2 aromatic carbocycles. The number of nitrogens with zero attached hydrogens (tertiary/aromatic N) is 3. The van der Waals surface area contributed by atoms with Crippen LogP contribution in [0.3, 0.4) is 0 Å². The van der Waals surface area contributed by atoms with E-state index in [2.05, 4.69) is 43.7 Å². The third-order valence-electron chi connectivity index (χ3n) is 8.73. The maximum absolute atomic E-state index is 13.7. The maximum Gasteiger partial charge on any atom is 0.416 e. The van der Waals surface area contributed by atoms with Gasteiger partial charge in [0.05, 0.1) is 16.7 Å². The van der Waals surface area contributed by atoms with E-state index >= 15 is 0 Å². The van der Waals surface area contributed by atoms with Gasteiger partial charge in [-0.3, -0.25) is 4.79 Å². The summed E-state index contributed by atoms with van der Waals surface area (Å²) in [5.74, 6) is -0.0194. The van der Waals surface area contributed by atoms with Gasteiger partial charge in [0.25, 0.3) is 5.91 Å². The number of halogens is 7. The molecule has 1 aliphatic rings. The number of benzene rings is 2. The molecule has 1 amide bonds. The van der Waals surface area contributed by atoms with Crippen LogP contribution in [-0.4, -0.2) is 50.3 Å². The molecule has 0 unspecified atom stereocenters. The second-order valence-corrected chi connectivity index (χ2v) is 18.4. The molecule has 1 aromatic heterocycles. The largest absolute Gasteiger partial charge is 0.416 e. The smallest absolute Gasteiger partial charge is 0.414 e. The molecule has 13 heteroatoms. The van der Waals surface area contributed by atoms with E-state index in [-0.39, 0.29) is 28.3 Å². The average molecular weight is 686 g/mol. The van der Waals surface area contributed by atoms with Gasteiger partial charge in [0.1, 0.15) is 5.82 Å². The fraction of sp³-hybridized carbons (Fsp3) is 0.455. The molecule has 0 saturated carbocycles. The third kappa shape index (κ3) is 8.24. The fourth-order valence-corrected chi connectivity index (χ4v) is 6.81. The van der Waals surface area contributed by atoms with Crippen molar-refractivity contribution >= 4 is 31.6 Å². The van der Waals surface area contributed by atoms with E-state index in [1.54, 1.807) is 30.3 Å². The molecule has 0 spiro atoms. The minimum absolute atomic E-state index is 0.0613. The summed E-state index contributed by atoms with van der Waals surface area (Å²) in [4.78, 5) is 21.5. The Bertz CT molecular complexity index is 1530. The van der Waals surface area contributed by atoms with Gasteiger partial charge >= 0.3 is 12.4 Å². The van der Waals surface area contributed by atoms with Crippen LogP contribution < -0.4 is 4.90 Å². The molecule has 250 valence electrons. The predicted molar refractivity (Wildman–Crippen MR) is 170 cm³/mol. The average Bonchev–Trinajstić information content (AvgIpc) is 2.95. The van der Waals surface area contributed by atoms with E-state index in [0.29, 0.717) is 47.2 Å². The van der Waals surface area contributed by atoms with E-state index in [9.17, 15) is 31.1 Å². The first-order valence-electron chi connectivity index (χ1n) is 14.9. The van der Waals surface area contributed by atoms with Gasteiger partial charge < -0.3 is 14.2 Å². The van der Waals surface area contributed by atoms with Crippen LogP contribution in [0.15, 0.2) is 54.7 Å². The second kappa shape index (κ2) is 13.2. The third-order valence-corrected chi connectivity index (χ3v) is 13.6. The molecular weight excluding hydrogens is 648 g/mol. The standard InChI is InChI=1S/C33H38ClF6N3O2Si/c1-31(2,3)46(5,6)45-24-11-13-43(14-12-24)29-18-26(25-9-7-8-10-28(25)34)27(19-41-29)30(44)42(4)20-21-15-22(32(35,36)37)17-23(16-21)33(38,39)40/h7-10,15-19,24H,11-14,20H2,1-6H3. The molecule has 4 rings (SSSR count). The maximum atomic E-state index is 13.7. The molecule has 0 atom stereocenters. The molecule has 0 N–H and O–H groups in total. The van der Waals surface area contributed by atoms with E-state index in [0.717, 1.165) is 17.7 Å². The van der Waals surface area contributed by atoms with Crippen molar-refractivity contribution in [3.63, 3.8) is 0 Å². The number of pyridine rings is 1. The molecule has 0 radical (unpaired) electrons. The molecular formula is C33H38ClF6N3O2Si. The number of carbonyl (C=O) groups excluding carboxylic acids is 1. The Morgan fingerprint density at radius 3 is 2.04 bits per heavy atom. The summed E-state index contributed by atoms with van der Waals surface area (Å²) in [7, 11) is -0.627. The predicted octanol–water partition coefficient (Wildman–Crippen LogP) is 9.70. The lowest BCUT2D eigenvalue weighted by Gasteiger charge is -2.42. The lowest BCUT2D eigenvalue weighted by molar-refractivity contribution is -0.143. The number of anilines is 1. The number of aromatic nitrogens is 1. The molecule has 1 fully saturated rings. The minimum Gasteiger partial charge on any atom is -0.414 e. The van der Waals surface area contributed by atoms with E-state index < -0.39 is 44.2 Å². The monoisotopic (exact) mass is 685 g/mol. The van der Waals surface area contributed by atoms with Crippen LogP contribution in [0.4, 0.5) is 32.2 Å². The highest BCUT2D eigenvalue weighted by atomic mass is 35.5. The van der Waals surface area contributed by atoms with Crippen LogP contribution in [-0.2, 0) is 23.3 Å². The van der Waals surface area contributed by atoms with Crippen LogP contribution in [0.5, 0.6) is 0 Å². The Labute approximate surface area is 271 Å². The van der Waals surface area contributed by atoms with Crippen LogP contribution >= 0.6 is 11.6 Å². The summed E-state index contributed by atoms with van der Waals surface area (Å²) in [6.45, 7) is 11.9. The molecule has 5 nitrogen and oxygen atoms in total. The lowest BCUT2D eigenvalue weighted by Crippen LogP contribution is -2.47. The Kier molecular flexibility index (Phi) is 10.3. The van der Waals surface area contributed by atoms with Gasteiger partial charge in [-0.25, -0.2) is 4.98 Å². The van der Waals surface area contributed by atoms with Crippen LogP contribution in [0, 0.1) is 0 Å². The fourth-order valence-electron chi connectivity index (χ4n) is 5.15. The van der Waals surface area contributed by atoms with E-state index in [1.165, 1.54) is 13.2 Å². The first-order chi connectivity index (χ1) is 21.2. The van der Waals surface area contributed by atoms with Crippen LogP contribution in [0.2, 0.25) is 23.2 Å². The van der Waals surface area contributed by atoms with Crippen molar-refractivity contribution in [2.45, 2.75) is 76.7 Å². The van der Waals surface area contributed by atoms with E-state index in [1.807, 2.05) is 0 Å². The molecule has 46 heavy (non-hydrogen) atoms. The number of hydrogen-bond donors (Lipinski definition) is 0. The molecule has 3 aromatic rings. The highest BCUT2D eigenvalue weighted by Crippen LogP contribution is 2.40. The Balaban J connectivity index is 1.62. The number of amides is 1. The van der Waals surface area contributed by atoms with Crippen molar-refractivity contribution < 1.29 is 35.6 Å². The number of rotatable bonds is 7. The Hall–Kier alpha value is -3.09. The topological polar surface area (TPSA) is 45.7 Å². The number of piperidine rings is 1. The van der Waals surface area contributed by atoms with Gasteiger partial charge in [-0.2, -0.15) is 26.3 Å². The minimum atomic E-state index is -5.00. The summed E-state index contributed by atoms with van der Waals surface area (Å²) in [5.41, 5.74) is -2.10. The van der Waals surface area contributed by atoms with Crippen LogP contribution in [0.1, 0.15) is 60.7 Å². The highest BCUT2D eigenvalue weighted by molar-refractivity contribution is 6.74. The van der Waals surface area contributed by atoms with Gasteiger partial charge in [0, 0.05) is 55.1 Å². The summed E-state index contributed by atoms with van der Waals surface area (Å²) in [5, 5.41) is 0.456. The number of carbonyl (C=O) groups is 1. The van der Waals surface area contributed by atoms with Crippen molar-refractivity contribution in [3.05, 3.63) is 82.0 Å². The highest BCUT2D eigenvalue weighted by Gasteiger charge is 2.40. The molecule has 0 aliphatic carbocycles. The molecule has 1 aliphatic heterocycles. The molecule has 1 saturated heterocycles. The Morgan fingerprint density at radius 2 is 1.52 bits per heavy atom. The number of hydrogen-bond acceptors (Lipinski definition) is 4. The first kappa shape index (κ1) is 35.8. The Morgan fingerprint density at radius 1 is 0.957 bits per heavy atom. The quantitative estimate of drug-likeness (QED) is 0.184. The van der Waals surface area contributed by atoms with Crippen LogP contribution in [0.25, 0.3) is 11.1 Å². The second-order valence-electron chi connectivity index (χ2n) is 13.2. The van der Waals surface area contributed by atoms with Gasteiger partial charge in [-0.15, -0.1) is 0 Å². The van der Waals surface area contributed by atoms with Gasteiger partial charge in [-0.05, 0) is 66.9 Å². The SMILES string of the molecule is CN(Cc1cc(C(F)(F)F)cc(C(F)(F)F)c1)C(=O)c1cnc(N2CCC(O[Si](C)(C)C(C)(C)C)CC2)cc1-c1ccccc1Cl. The van der Waals surface area contributed by atoms with Crippen molar-refractivity contribution in [2.24, 2.45) is 0 Å². The van der Waals surface area contributed by atoms with Crippen molar-refractivity contribution in [1.82, 2.24) is 9.88 Å². The lowest BCUT2D eigenvalue weighted by atomic mass is 9.99. The first-order valence-corrected chi connectivity index (χ1v) is 18.2. The summed E-state index contributed by atoms with van der Waals surface area (Å²) in [6.07, 6.45) is -6.88. The van der Waals surface area contributed by atoms with Gasteiger partial charge in [0.15, 0.2) is 8.32 Å². The summed E-state index contributed by atoms with van der Waals surface area (Å²) < 4.78 is 87.2. The van der Waals surface area contributed by atoms with Gasteiger partial charge in [-0.1, -0.05) is 50.6 Å². The zero-order valence-corrected chi connectivity index (χ0v) is 28.4. The zero-order chi connectivity index (χ0) is 34.2. The summed E-state index contributed by atoms with van der Waals surface area (Å²) >= 11 is 6.54. The molecule has 0 bridgehead atoms. The summed E-state index contributed by atoms with van der Waals surface area (Å²) in [6, 6.07) is 9.95. The van der Waals surface area contributed by atoms with Gasteiger partial charge in [0.2, 0.25) is 0 Å².